The molecule has 1 heterocycles. The maximum Gasteiger partial charge on any atom is 0.248 e. The molecule has 1 aromatic heterocycles. The Balaban J connectivity index is 3.09. The van der Waals surface area contributed by atoms with Gasteiger partial charge in [0.25, 0.3) is 0 Å². The van der Waals surface area contributed by atoms with Crippen LogP contribution in [-0.2, 0) is 10.0 Å². The minimum atomic E-state index is -3.56. The summed E-state index contributed by atoms with van der Waals surface area (Å²) in [6.07, 6.45) is 1.73. The van der Waals surface area contributed by atoms with Crippen LogP contribution in [0.5, 0.6) is 0 Å². The van der Waals surface area contributed by atoms with Gasteiger partial charge in [0.1, 0.15) is 10.6 Å². The predicted octanol–water partition coefficient (Wildman–Crippen LogP) is 2.32. The highest BCUT2D eigenvalue weighted by Gasteiger charge is 2.30. The average Bonchev–Trinajstić information content (AvgIpc) is 2.64. The van der Waals surface area contributed by atoms with Crippen LogP contribution in [0.25, 0.3) is 0 Å². The molecule has 0 aliphatic heterocycles. The van der Waals surface area contributed by atoms with E-state index in [1.807, 2.05) is 6.92 Å². The number of aryl methyl sites for hydroxylation is 2. The summed E-state index contributed by atoms with van der Waals surface area (Å²) < 4.78 is 31.3. The quantitative estimate of drug-likeness (QED) is 0.724. The van der Waals surface area contributed by atoms with Crippen molar-refractivity contribution in [3.63, 3.8) is 0 Å². The molecule has 1 rings (SSSR count). The highest BCUT2D eigenvalue weighted by molar-refractivity contribution is 7.89. The minimum absolute atomic E-state index is 0.170. The maximum atomic E-state index is 12.5. The zero-order valence-corrected chi connectivity index (χ0v) is 12.5. The standard InChI is InChI=1S/C11H19ClN2O3S/c1-4-5-7-14(8-6-12)18(15,16)11-9(2)13-17-10(11)3/h4-8H2,1-3H3. The Labute approximate surface area is 113 Å². The third-order valence-electron chi connectivity index (χ3n) is 2.66. The van der Waals surface area contributed by atoms with E-state index in [2.05, 4.69) is 5.16 Å². The van der Waals surface area contributed by atoms with E-state index >= 15 is 0 Å². The van der Waals surface area contributed by atoms with E-state index in [-0.39, 0.29) is 10.8 Å². The Morgan fingerprint density at radius 3 is 2.44 bits per heavy atom. The van der Waals surface area contributed by atoms with Crippen molar-refractivity contribution in [2.45, 2.75) is 38.5 Å². The van der Waals surface area contributed by atoms with Crippen molar-refractivity contribution in [1.29, 1.82) is 0 Å². The molecule has 0 N–H and O–H groups in total. The number of unbranched alkanes of at least 4 members (excludes halogenated alkanes) is 1. The van der Waals surface area contributed by atoms with E-state index in [1.165, 1.54) is 4.31 Å². The van der Waals surface area contributed by atoms with E-state index in [4.69, 9.17) is 16.1 Å². The first-order chi connectivity index (χ1) is 8.45. The molecule has 0 atom stereocenters. The van der Waals surface area contributed by atoms with Gasteiger partial charge >= 0.3 is 0 Å². The van der Waals surface area contributed by atoms with Gasteiger partial charge in [0, 0.05) is 19.0 Å². The monoisotopic (exact) mass is 294 g/mol. The molecular weight excluding hydrogens is 276 g/mol. The maximum absolute atomic E-state index is 12.5. The summed E-state index contributed by atoms with van der Waals surface area (Å²) in [5.41, 5.74) is 0.392. The van der Waals surface area contributed by atoms with Gasteiger partial charge in [-0.05, 0) is 20.3 Å². The smallest absolute Gasteiger partial charge is 0.248 e. The van der Waals surface area contributed by atoms with Gasteiger partial charge in [0.2, 0.25) is 10.0 Å². The largest absolute Gasteiger partial charge is 0.360 e. The van der Waals surface area contributed by atoms with Crippen molar-refractivity contribution < 1.29 is 12.9 Å². The van der Waals surface area contributed by atoms with Gasteiger partial charge in [-0.15, -0.1) is 11.6 Å². The SMILES string of the molecule is CCCCN(CCCl)S(=O)(=O)c1c(C)noc1C. The molecule has 0 saturated heterocycles. The summed E-state index contributed by atoms with van der Waals surface area (Å²) in [6, 6.07) is 0. The Kier molecular flexibility index (Phi) is 5.62. The highest BCUT2D eigenvalue weighted by atomic mass is 35.5. The van der Waals surface area contributed by atoms with E-state index < -0.39 is 10.0 Å². The summed E-state index contributed by atoms with van der Waals surface area (Å²) in [5, 5.41) is 3.69. The van der Waals surface area contributed by atoms with Crippen molar-refractivity contribution in [3.05, 3.63) is 11.5 Å². The molecule has 104 valence electrons. The van der Waals surface area contributed by atoms with Crippen LogP contribution in [0.2, 0.25) is 0 Å². The molecule has 0 aromatic carbocycles. The van der Waals surface area contributed by atoms with Crippen LogP contribution < -0.4 is 0 Å². The molecule has 0 aliphatic rings. The number of alkyl halides is 1. The number of nitrogens with zero attached hydrogens (tertiary/aromatic N) is 2. The fraction of sp³-hybridized carbons (Fsp3) is 0.727. The van der Waals surface area contributed by atoms with Gasteiger partial charge in [-0.2, -0.15) is 4.31 Å². The predicted molar refractivity (Wildman–Crippen MR) is 70.4 cm³/mol. The van der Waals surface area contributed by atoms with E-state index in [0.717, 1.165) is 12.8 Å². The van der Waals surface area contributed by atoms with E-state index in [9.17, 15) is 8.42 Å². The average molecular weight is 295 g/mol. The molecule has 5 nitrogen and oxygen atoms in total. The van der Waals surface area contributed by atoms with Gasteiger partial charge in [0.05, 0.1) is 0 Å². The molecule has 0 saturated carbocycles. The number of halogens is 1. The lowest BCUT2D eigenvalue weighted by molar-refractivity contribution is 0.388. The first-order valence-corrected chi connectivity index (χ1v) is 7.91. The first-order valence-electron chi connectivity index (χ1n) is 5.94. The summed E-state index contributed by atoms with van der Waals surface area (Å²) in [6.45, 7) is 6.01. The second kappa shape index (κ2) is 6.54. The Bertz CT molecular complexity index is 465. The second-order valence-corrected chi connectivity index (χ2v) is 6.35. The zero-order valence-electron chi connectivity index (χ0n) is 10.9. The number of aromatic nitrogens is 1. The normalized spacial score (nSPS) is 12.3. The summed E-state index contributed by atoms with van der Waals surface area (Å²) in [7, 11) is -3.56. The van der Waals surface area contributed by atoms with Crippen LogP contribution in [-0.4, -0.2) is 36.8 Å². The summed E-state index contributed by atoms with van der Waals surface area (Å²) in [4.78, 5) is 0.170. The molecule has 0 spiro atoms. The fourth-order valence-corrected chi connectivity index (χ4v) is 3.83. The Morgan fingerprint density at radius 2 is 2.00 bits per heavy atom. The first kappa shape index (κ1) is 15.5. The van der Waals surface area contributed by atoms with Crippen LogP contribution in [0.4, 0.5) is 0 Å². The topological polar surface area (TPSA) is 63.4 Å². The fourth-order valence-electron chi connectivity index (χ4n) is 1.75. The van der Waals surface area contributed by atoms with Crippen LogP contribution in [0.3, 0.4) is 0 Å². The molecule has 1 aromatic rings. The van der Waals surface area contributed by atoms with E-state index in [0.29, 0.717) is 24.5 Å². The van der Waals surface area contributed by atoms with Crippen molar-refractivity contribution >= 4 is 21.6 Å². The van der Waals surface area contributed by atoms with Gasteiger partial charge in [-0.3, -0.25) is 0 Å². The zero-order chi connectivity index (χ0) is 13.8. The lowest BCUT2D eigenvalue weighted by atomic mass is 10.3. The molecular formula is C11H19ClN2O3S. The van der Waals surface area contributed by atoms with Crippen molar-refractivity contribution in [3.8, 4) is 0 Å². The molecule has 0 radical (unpaired) electrons. The highest BCUT2D eigenvalue weighted by Crippen LogP contribution is 2.23. The van der Waals surface area contributed by atoms with Gasteiger partial charge < -0.3 is 4.52 Å². The van der Waals surface area contributed by atoms with Crippen LogP contribution in [0.15, 0.2) is 9.42 Å². The van der Waals surface area contributed by atoms with Crippen LogP contribution >= 0.6 is 11.6 Å². The number of hydrogen-bond acceptors (Lipinski definition) is 4. The van der Waals surface area contributed by atoms with Crippen molar-refractivity contribution in [1.82, 2.24) is 9.46 Å². The molecule has 0 bridgehead atoms. The molecule has 0 unspecified atom stereocenters. The Hall–Kier alpha value is -0.590. The van der Waals surface area contributed by atoms with Gasteiger partial charge in [0.15, 0.2) is 5.76 Å². The van der Waals surface area contributed by atoms with Crippen LogP contribution in [0, 0.1) is 13.8 Å². The van der Waals surface area contributed by atoms with Gasteiger partial charge in [-0.1, -0.05) is 18.5 Å². The molecule has 0 aliphatic carbocycles. The second-order valence-electron chi connectivity index (χ2n) is 4.10. The molecule has 0 amide bonds. The van der Waals surface area contributed by atoms with Crippen molar-refractivity contribution in [2.24, 2.45) is 0 Å². The lowest BCUT2D eigenvalue weighted by Gasteiger charge is -2.20. The number of sulfonamides is 1. The molecule has 18 heavy (non-hydrogen) atoms. The number of rotatable bonds is 7. The summed E-state index contributed by atoms with van der Waals surface area (Å²) >= 11 is 5.68. The third kappa shape index (κ3) is 3.24. The van der Waals surface area contributed by atoms with Crippen LogP contribution in [0.1, 0.15) is 31.2 Å². The molecule has 7 heteroatoms. The molecule has 0 fully saturated rings. The number of hydrogen-bond donors (Lipinski definition) is 0. The Morgan fingerprint density at radius 1 is 1.33 bits per heavy atom. The summed E-state index contributed by atoms with van der Waals surface area (Å²) in [5.74, 6) is 0.593. The lowest BCUT2D eigenvalue weighted by Crippen LogP contribution is -2.34. The van der Waals surface area contributed by atoms with E-state index in [1.54, 1.807) is 13.8 Å². The minimum Gasteiger partial charge on any atom is -0.360 e. The van der Waals surface area contributed by atoms with Crippen molar-refractivity contribution in [2.75, 3.05) is 19.0 Å². The third-order valence-corrected chi connectivity index (χ3v) is 4.97. The van der Waals surface area contributed by atoms with Gasteiger partial charge in [-0.25, -0.2) is 8.42 Å².